The van der Waals surface area contributed by atoms with E-state index in [0.29, 0.717) is 11.3 Å². The Morgan fingerprint density at radius 1 is 1.04 bits per heavy atom. The summed E-state index contributed by atoms with van der Waals surface area (Å²) in [4.78, 5) is -0.115. The summed E-state index contributed by atoms with van der Waals surface area (Å²) in [6.07, 6.45) is -3.44. The average molecular weight is 491 g/mol. The summed E-state index contributed by atoms with van der Waals surface area (Å²) in [5, 5.41) is 6.39. The van der Waals surface area contributed by atoms with Crippen molar-refractivity contribution in [3.8, 4) is 0 Å². The van der Waals surface area contributed by atoms with Crippen LogP contribution in [0.25, 0.3) is 0 Å². The zero-order chi connectivity index (χ0) is 19.1. The van der Waals surface area contributed by atoms with Gasteiger partial charge in [0.1, 0.15) is 5.70 Å². The van der Waals surface area contributed by atoms with Crippen LogP contribution in [0.15, 0.2) is 65.2 Å². The van der Waals surface area contributed by atoms with Crippen LogP contribution < -0.4 is 15.6 Å². The second kappa shape index (κ2) is 6.74. The summed E-state index contributed by atoms with van der Waals surface area (Å²) >= 11 is 2.11. The molecule has 1 heterocycles. The Kier molecular flexibility index (Phi) is 4.92. The predicted octanol–water partition coefficient (Wildman–Crippen LogP) is 3.45. The number of sulfonamides is 1. The first-order valence-corrected chi connectivity index (χ1v) is 9.91. The minimum absolute atomic E-state index is 0.115. The topological polar surface area (TPSA) is 75.4 Å². The molecule has 0 radical (unpaired) electrons. The number of hydrazine groups is 1. The van der Waals surface area contributed by atoms with Gasteiger partial charge in [-0.15, -0.1) is 0 Å². The maximum absolute atomic E-state index is 13.2. The highest BCUT2D eigenvalue weighted by Crippen LogP contribution is 2.37. The molecule has 0 saturated heterocycles. The molecule has 0 bridgehead atoms. The van der Waals surface area contributed by atoms with Gasteiger partial charge in [0, 0.05) is 3.57 Å². The predicted molar refractivity (Wildman–Crippen MR) is 99.5 cm³/mol. The lowest BCUT2D eigenvalue weighted by Crippen LogP contribution is -2.37. The molecule has 0 aliphatic carbocycles. The number of benzene rings is 2. The van der Waals surface area contributed by atoms with Gasteiger partial charge in [-0.2, -0.15) is 13.2 Å². The number of nitrogens with one attached hydrogen (secondary N) is 1. The summed E-state index contributed by atoms with van der Waals surface area (Å²) in [5.74, 6) is 0. The van der Waals surface area contributed by atoms with E-state index in [1.807, 2.05) is 0 Å². The van der Waals surface area contributed by atoms with Gasteiger partial charge in [0.2, 0.25) is 10.0 Å². The highest BCUT2D eigenvalue weighted by atomic mass is 123. The Hall–Kier alpha value is -1.79. The third-order valence-corrected chi connectivity index (χ3v) is 5.45. The number of primary sulfonamides is 1. The highest BCUT2D eigenvalue weighted by Gasteiger charge is 2.41. The van der Waals surface area contributed by atoms with Gasteiger partial charge in [-0.1, -0.05) is 12.1 Å². The molecule has 138 valence electrons. The van der Waals surface area contributed by atoms with Crippen molar-refractivity contribution in [3.05, 3.63) is 69.4 Å². The summed E-state index contributed by atoms with van der Waals surface area (Å²) in [5.41, 5.74) is 2.51. The lowest BCUT2D eigenvalue weighted by atomic mass is 10.1. The van der Waals surface area contributed by atoms with Crippen LogP contribution in [0.4, 0.5) is 18.9 Å². The summed E-state index contributed by atoms with van der Waals surface area (Å²) in [6, 6.07) is 11.7. The summed E-state index contributed by atoms with van der Waals surface area (Å²) in [6.45, 7) is 0. The fourth-order valence-corrected chi connectivity index (χ4v) is 3.43. The second-order valence-corrected chi connectivity index (χ2v) is 8.40. The Labute approximate surface area is 161 Å². The monoisotopic (exact) mass is 491 g/mol. The van der Waals surface area contributed by atoms with Crippen molar-refractivity contribution in [2.75, 3.05) is 5.01 Å². The number of hydrogen-bond acceptors (Lipinski definition) is 4. The van der Waals surface area contributed by atoms with Crippen LogP contribution in [0.1, 0.15) is 11.6 Å². The van der Waals surface area contributed by atoms with E-state index in [1.165, 1.54) is 29.3 Å². The Bertz CT molecular complexity index is 942. The molecule has 3 N–H and O–H groups in total. The van der Waals surface area contributed by atoms with Crippen molar-refractivity contribution < 1.29 is 21.6 Å². The fourth-order valence-electron chi connectivity index (χ4n) is 2.55. The van der Waals surface area contributed by atoms with Gasteiger partial charge < -0.3 is 0 Å². The number of hydrogen-bond donors (Lipinski definition) is 2. The number of nitrogens with zero attached hydrogens (tertiary/aromatic N) is 1. The van der Waals surface area contributed by atoms with Crippen LogP contribution in [-0.2, 0) is 10.0 Å². The lowest BCUT2D eigenvalue weighted by Gasteiger charge is -2.28. The quantitative estimate of drug-likeness (QED) is 0.646. The van der Waals surface area contributed by atoms with Crippen LogP contribution in [0, 0.1) is 3.57 Å². The number of halogens is 4. The van der Waals surface area contributed by atoms with Gasteiger partial charge in [-0.05, 0) is 70.6 Å². The molecule has 0 saturated carbocycles. The van der Waals surface area contributed by atoms with Crippen molar-refractivity contribution in [3.63, 3.8) is 0 Å². The fraction of sp³-hybridized carbons (Fsp3) is 0.125. The van der Waals surface area contributed by atoms with Crippen LogP contribution in [-0.4, -0.2) is 14.6 Å². The van der Waals surface area contributed by atoms with E-state index >= 15 is 0 Å². The smallest absolute Gasteiger partial charge is 0.293 e. The number of anilines is 1. The zero-order valence-electron chi connectivity index (χ0n) is 13.0. The zero-order valence-corrected chi connectivity index (χ0v) is 16.0. The van der Waals surface area contributed by atoms with Crippen molar-refractivity contribution in [2.24, 2.45) is 5.14 Å². The largest absolute Gasteiger partial charge is 0.432 e. The van der Waals surface area contributed by atoms with E-state index in [2.05, 4.69) is 28.0 Å². The Balaban J connectivity index is 2.00. The average Bonchev–Trinajstić information content (AvgIpc) is 3.00. The molecule has 0 aromatic heterocycles. The standard InChI is InChI=1S/C16H13F3IN3O2S/c17-16(18,19)15-9-14(10-1-3-11(20)4-2-10)23(22-15)12-5-7-13(8-6-12)26(21,24)25/h1-9,14,22H,(H2,21,24,25)/i20-4. The molecule has 5 nitrogen and oxygen atoms in total. The summed E-state index contributed by atoms with van der Waals surface area (Å²) < 4.78 is 63.2. The molecule has 2 aromatic carbocycles. The first-order valence-electron chi connectivity index (χ1n) is 7.29. The van der Waals surface area contributed by atoms with Crippen molar-refractivity contribution in [1.82, 2.24) is 5.43 Å². The van der Waals surface area contributed by atoms with E-state index in [4.69, 9.17) is 5.14 Å². The van der Waals surface area contributed by atoms with Crippen molar-refractivity contribution in [2.45, 2.75) is 17.1 Å². The molecule has 1 aliphatic rings. The van der Waals surface area contributed by atoms with Gasteiger partial charge in [0.25, 0.3) is 0 Å². The second-order valence-electron chi connectivity index (χ2n) is 5.60. The number of rotatable bonds is 3. The normalized spacial score (nSPS) is 17.8. The van der Waals surface area contributed by atoms with E-state index < -0.39 is 27.9 Å². The lowest BCUT2D eigenvalue weighted by molar-refractivity contribution is -0.0958. The van der Waals surface area contributed by atoms with E-state index in [1.54, 1.807) is 24.3 Å². The Morgan fingerprint density at radius 2 is 1.62 bits per heavy atom. The first kappa shape index (κ1) is 19.0. The molecule has 10 heteroatoms. The van der Waals surface area contributed by atoms with Crippen molar-refractivity contribution >= 4 is 38.3 Å². The van der Waals surface area contributed by atoms with Crippen LogP contribution in [0.3, 0.4) is 0 Å². The number of nitrogens with two attached hydrogens (primary N) is 1. The van der Waals surface area contributed by atoms with Gasteiger partial charge in [0.05, 0.1) is 16.6 Å². The molecule has 0 spiro atoms. The molecule has 26 heavy (non-hydrogen) atoms. The summed E-state index contributed by atoms with van der Waals surface area (Å²) in [7, 11) is -3.88. The van der Waals surface area contributed by atoms with E-state index in [0.717, 1.165) is 9.65 Å². The maximum Gasteiger partial charge on any atom is 0.432 e. The van der Waals surface area contributed by atoms with E-state index in [9.17, 15) is 21.6 Å². The Morgan fingerprint density at radius 3 is 2.12 bits per heavy atom. The molecule has 3 rings (SSSR count). The maximum atomic E-state index is 13.2. The number of alkyl halides is 3. The van der Waals surface area contributed by atoms with E-state index in [-0.39, 0.29) is 4.90 Å². The third kappa shape index (κ3) is 3.96. The minimum Gasteiger partial charge on any atom is -0.293 e. The third-order valence-electron chi connectivity index (χ3n) is 3.80. The minimum atomic E-state index is -4.53. The van der Waals surface area contributed by atoms with Gasteiger partial charge in [-0.25, -0.2) is 13.6 Å². The molecular formula is C16H13F3IN3O2S. The van der Waals surface area contributed by atoms with Gasteiger partial charge in [-0.3, -0.25) is 10.4 Å². The molecule has 1 unspecified atom stereocenters. The van der Waals surface area contributed by atoms with Gasteiger partial charge in [0.15, 0.2) is 0 Å². The number of allylic oxidation sites excluding steroid dienone is 1. The SMILES string of the molecule is NS(=O)(=O)c1ccc(N2NC(C(F)(F)F)=CC2c2ccc([123I])cc2)cc1. The molecule has 2 aromatic rings. The molecular weight excluding hydrogens is 478 g/mol. The molecule has 1 aliphatic heterocycles. The van der Waals surface area contributed by atoms with Gasteiger partial charge >= 0.3 is 6.18 Å². The van der Waals surface area contributed by atoms with Crippen LogP contribution in [0.5, 0.6) is 0 Å². The van der Waals surface area contributed by atoms with Crippen molar-refractivity contribution in [1.29, 1.82) is 0 Å². The highest BCUT2D eigenvalue weighted by molar-refractivity contribution is 14.1. The first-order chi connectivity index (χ1) is 12.1. The molecule has 1 atom stereocenters. The molecule has 0 amide bonds. The van der Waals surface area contributed by atoms with Crippen LogP contribution >= 0.6 is 22.6 Å². The van der Waals surface area contributed by atoms with Crippen LogP contribution in [0.2, 0.25) is 0 Å². The molecule has 0 fully saturated rings.